The standard InChI is InChI=1S/C11H12BF3/c1-3-10(2,12)8-5-4-6-9(7-8)11(13,14)15/h4-7H,3H2,1-2H3. The van der Waals surface area contributed by atoms with Gasteiger partial charge in [-0.05, 0) is 11.4 Å². The van der Waals surface area contributed by atoms with Gasteiger partial charge >= 0.3 is 6.18 Å². The van der Waals surface area contributed by atoms with Crippen molar-refractivity contribution in [2.75, 3.05) is 0 Å². The van der Waals surface area contributed by atoms with Gasteiger partial charge in [-0.1, -0.05) is 44.0 Å². The molecular formula is C11H12BF3. The maximum absolute atomic E-state index is 12.4. The Hall–Kier alpha value is -0.925. The fourth-order valence-corrected chi connectivity index (χ4v) is 1.25. The van der Waals surface area contributed by atoms with E-state index in [2.05, 4.69) is 0 Å². The monoisotopic (exact) mass is 212 g/mol. The summed E-state index contributed by atoms with van der Waals surface area (Å²) < 4.78 is 37.3. The number of alkyl halides is 3. The minimum atomic E-state index is -4.31. The van der Waals surface area contributed by atoms with E-state index in [4.69, 9.17) is 7.85 Å². The molecule has 0 heterocycles. The maximum Gasteiger partial charge on any atom is 0.416 e. The average molecular weight is 212 g/mol. The molecule has 1 unspecified atom stereocenters. The number of halogens is 3. The minimum absolute atomic E-state index is 0.514. The molecule has 0 aromatic heterocycles. The van der Waals surface area contributed by atoms with Gasteiger partial charge < -0.3 is 0 Å². The Morgan fingerprint density at radius 1 is 1.20 bits per heavy atom. The van der Waals surface area contributed by atoms with Gasteiger partial charge in [-0.3, -0.25) is 0 Å². The largest absolute Gasteiger partial charge is 0.416 e. The third-order valence-corrected chi connectivity index (χ3v) is 2.58. The van der Waals surface area contributed by atoms with Gasteiger partial charge in [0, 0.05) is 0 Å². The van der Waals surface area contributed by atoms with E-state index >= 15 is 0 Å². The molecule has 0 aliphatic rings. The van der Waals surface area contributed by atoms with E-state index in [0.717, 1.165) is 12.1 Å². The van der Waals surface area contributed by atoms with Crippen molar-refractivity contribution < 1.29 is 13.2 Å². The molecule has 0 nitrogen and oxygen atoms in total. The van der Waals surface area contributed by atoms with Gasteiger partial charge in [-0.2, -0.15) is 13.2 Å². The second-order valence-corrected chi connectivity index (χ2v) is 3.85. The smallest absolute Gasteiger partial charge is 0.166 e. The molecule has 0 saturated carbocycles. The molecule has 0 bridgehead atoms. The van der Waals surface area contributed by atoms with Gasteiger partial charge in [0.05, 0.1) is 13.4 Å². The highest BCUT2D eigenvalue weighted by molar-refractivity contribution is 6.15. The van der Waals surface area contributed by atoms with Crippen LogP contribution in [-0.2, 0) is 11.5 Å². The van der Waals surface area contributed by atoms with Crippen molar-refractivity contribution in [1.82, 2.24) is 0 Å². The summed E-state index contributed by atoms with van der Waals surface area (Å²) in [6.07, 6.45) is -3.71. The highest BCUT2D eigenvalue weighted by atomic mass is 19.4. The third kappa shape index (κ3) is 2.77. The molecule has 80 valence electrons. The maximum atomic E-state index is 12.4. The quantitative estimate of drug-likeness (QED) is 0.658. The van der Waals surface area contributed by atoms with Crippen molar-refractivity contribution in [3.63, 3.8) is 0 Å². The zero-order valence-corrected chi connectivity index (χ0v) is 8.73. The first kappa shape index (κ1) is 12.1. The van der Waals surface area contributed by atoms with Crippen molar-refractivity contribution in [2.24, 2.45) is 0 Å². The zero-order chi connectivity index (χ0) is 11.7. The first-order chi connectivity index (χ1) is 6.77. The van der Waals surface area contributed by atoms with Crippen molar-refractivity contribution >= 4 is 7.85 Å². The van der Waals surface area contributed by atoms with Crippen molar-refractivity contribution in [3.8, 4) is 0 Å². The third-order valence-electron chi connectivity index (χ3n) is 2.58. The summed E-state index contributed by atoms with van der Waals surface area (Å²) in [5.41, 5.74) is -0.134. The van der Waals surface area contributed by atoms with Crippen LogP contribution < -0.4 is 0 Å². The first-order valence-electron chi connectivity index (χ1n) is 4.74. The molecule has 15 heavy (non-hydrogen) atoms. The SMILES string of the molecule is [B]C(C)(CC)c1cccc(C(F)(F)F)c1. The van der Waals surface area contributed by atoms with E-state index in [9.17, 15) is 13.2 Å². The molecule has 1 rings (SSSR count). The van der Waals surface area contributed by atoms with Crippen LogP contribution in [0.2, 0.25) is 0 Å². The molecule has 1 aromatic rings. The zero-order valence-electron chi connectivity index (χ0n) is 8.73. The Kier molecular flexibility index (Phi) is 3.17. The predicted molar refractivity (Wildman–Crippen MR) is 54.8 cm³/mol. The fraction of sp³-hybridized carbons (Fsp3) is 0.455. The van der Waals surface area contributed by atoms with Crippen LogP contribution in [0.4, 0.5) is 13.2 Å². The van der Waals surface area contributed by atoms with E-state index in [0.29, 0.717) is 12.0 Å². The van der Waals surface area contributed by atoms with Gasteiger partial charge in [0.1, 0.15) is 0 Å². The molecule has 0 aliphatic carbocycles. The fourth-order valence-electron chi connectivity index (χ4n) is 1.25. The van der Waals surface area contributed by atoms with Crippen LogP contribution >= 0.6 is 0 Å². The molecule has 0 fully saturated rings. The lowest BCUT2D eigenvalue weighted by Gasteiger charge is -2.24. The first-order valence-corrected chi connectivity index (χ1v) is 4.74. The van der Waals surface area contributed by atoms with E-state index in [-0.39, 0.29) is 0 Å². The minimum Gasteiger partial charge on any atom is -0.166 e. The highest BCUT2D eigenvalue weighted by Crippen LogP contribution is 2.32. The van der Waals surface area contributed by atoms with Crippen LogP contribution in [0.25, 0.3) is 0 Å². The summed E-state index contributed by atoms with van der Waals surface area (Å²) in [6.45, 7) is 3.57. The molecule has 1 aromatic carbocycles. The number of hydrogen-bond donors (Lipinski definition) is 0. The number of benzene rings is 1. The summed E-state index contributed by atoms with van der Waals surface area (Å²) >= 11 is 0. The topological polar surface area (TPSA) is 0 Å². The van der Waals surface area contributed by atoms with Crippen molar-refractivity contribution in [3.05, 3.63) is 35.4 Å². The van der Waals surface area contributed by atoms with Gasteiger partial charge in [0.2, 0.25) is 0 Å². The van der Waals surface area contributed by atoms with E-state index in [1.54, 1.807) is 13.0 Å². The molecule has 0 aliphatic heterocycles. The van der Waals surface area contributed by atoms with Gasteiger partial charge in [-0.15, -0.1) is 0 Å². The summed E-state index contributed by atoms with van der Waals surface area (Å²) in [7, 11) is 5.88. The second kappa shape index (κ2) is 3.91. The lowest BCUT2D eigenvalue weighted by molar-refractivity contribution is -0.137. The van der Waals surface area contributed by atoms with Crippen molar-refractivity contribution in [2.45, 2.75) is 31.8 Å². The number of rotatable bonds is 2. The molecule has 2 radical (unpaired) electrons. The summed E-state index contributed by atoms with van der Waals surface area (Å²) in [6, 6.07) is 5.18. The Balaban J connectivity index is 3.14. The van der Waals surface area contributed by atoms with Crippen molar-refractivity contribution in [1.29, 1.82) is 0 Å². The summed E-state index contributed by atoms with van der Waals surface area (Å²) in [4.78, 5) is 0. The van der Waals surface area contributed by atoms with Crippen LogP contribution in [0.3, 0.4) is 0 Å². The van der Waals surface area contributed by atoms with Gasteiger partial charge in [0.15, 0.2) is 0 Å². The van der Waals surface area contributed by atoms with Gasteiger partial charge in [0.25, 0.3) is 0 Å². The van der Waals surface area contributed by atoms with Gasteiger partial charge in [-0.25, -0.2) is 0 Å². The summed E-state index contributed by atoms with van der Waals surface area (Å²) in [5.74, 6) is 0. The molecule has 4 heteroatoms. The molecule has 0 amide bonds. The van der Waals surface area contributed by atoms with Crippen LogP contribution in [0, 0.1) is 0 Å². The van der Waals surface area contributed by atoms with E-state index in [1.807, 2.05) is 6.92 Å². The lowest BCUT2D eigenvalue weighted by atomic mass is 9.64. The second-order valence-electron chi connectivity index (χ2n) is 3.85. The van der Waals surface area contributed by atoms with Crippen LogP contribution in [0.1, 0.15) is 31.4 Å². The molecule has 1 atom stereocenters. The van der Waals surface area contributed by atoms with E-state index < -0.39 is 17.1 Å². The van der Waals surface area contributed by atoms with E-state index in [1.165, 1.54) is 6.07 Å². The highest BCUT2D eigenvalue weighted by Gasteiger charge is 2.31. The van der Waals surface area contributed by atoms with Crippen LogP contribution in [-0.4, -0.2) is 7.85 Å². The molecule has 0 saturated heterocycles. The summed E-state index contributed by atoms with van der Waals surface area (Å²) in [5, 5.41) is -0.707. The molecular weight excluding hydrogens is 200 g/mol. The Labute approximate surface area is 88.9 Å². The Morgan fingerprint density at radius 3 is 2.20 bits per heavy atom. The predicted octanol–water partition coefficient (Wildman–Crippen LogP) is 3.50. The van der Waals surface area contributed by atoms with Crippen LogP contribution in [0.5, 0.6) is 0 Å². The number of hydrogen-bond acceptors (Lipinski definition) is 0. The Morgan fingerprint density at radius 2 is 1.73 bits per heavy atom. The molecule has 0 spiro atoms. The normalized spacial score (nSPS) is 16.1. The Bertz CT molecular complexity index is 342. The lowest BCUT2D eigenvalue weighted by Crippen LogP contribution is -2.21. The average Bonchev–Trinajstić information content (AvgIpc) is 2.17. The van der Waals surface area contributed by atoms with Crippen LogP contribution in [0.15, 0.2) is 24.3 Å². The molecule has 0 N–H and O–H groups in total.